The van der Waals surface area contributed by atoms with Gasteiger partial charge in [0.1, 0.15) is 5.75 Å². The maximum absolute atomic E-state index is 5.88. The van der Waals surface area contributed by atoms with E-state index in [4.69, 9.17) is 9.15 Å². The molecule has 0 amide bonds. The van der Waals surface area contributed by atoms with Crippen LogP contribution < -0.4 is 4.74 Å². The minimum absolute atomic E-state index is 0.173. The molecule has 0 radical (unpaired) electrons. The molecule has 2 heterocycles. The molecule has 5 nitrogen and oxygen atoms in total. The van der Waals surface area contributed by atoms with Crippen molar-refractivity contribution in [2.24, 2.45) is 5.92 Å². The van der Waals surface area contributed by atoms with Crippen LogP contribution in [0.2, 0.25) is 0 Å². The Labute approximate surface area is 131 Å². The molecule has 1 unspecified atom stereocenters. The maximum Gasteiger partial charge on any atom is 0.247 e. The number of hydrogen-bond acceptors (Lipinski definition) is 5. The Kier molecular flexibility index (Phi) is 4.43. The Bertz CT molecular complexity index is 601. The first-order valence-electron chi connectivity index (χ1n) is 7.89. The van der Waals surface area contributed by atoms with Crippen LogP contribution in [0.1, 0.15) is 38.6 Å². The summed E-state index contributed by atoms with van der Waals surface area (Å²) in [6.07, 6.45) is 2.48. The number of piperidine rings is 1. The first-order valence-corrected chi connectivity index (χ1v) is 7.89. The van der Waals surface area contributed by atoms with Crippen LogP contribution in [0.25, 0.3) is 11.5 Å². The lowest BCUT2D eigenvalue weighted by molar-refractivity contribution is 0.130. The zero-order valence-electron chi connectivity index (χ0n) is 13.5. The number of rotatable bonds is 4. The number of aromatic nitrogens is 2. The van der Waals surface area contributed by atoms with Gasteiger partial charge in [-0.25, -0.2) is 0 Å². The van der Waals surface area contributed by atoms with Gasteiger partial charge in [-0.1, -0.05) is 6.92 Å². The van der Waals surface area contributed by atoms with Crippen LogP contribution in [0.15, 0.2) is 28.7 Å². The van der Waals surface area contributed by atoms with Crippen LogP contribution in [-0.4, -0.2) is 35.3 Å². The Morgan fingerprint density at radius 1 is 1.18 bits per heavy atom. The number of nitrogens with zero attached hydrogens (tertiary/aromatic N) is 3. The molecular weight excluding hydrogens is 278 g/mol. The lowest BCUT2D eigenvalue weighted by Crippen LogP contribution is -2.35. The van der Waals surface area contributed by atoms with Crippen molar-refractivity contribution in [3.8, 4) is 17.2 Å². The Morgan fingerprint density at radius 3 is 2.50 bits per heavy atom. The molecule has 1 saturated heterocycles. The largest absolute Gasteiger partial charge is 0.497 e. The second kappa shape index (κ2) is 6.48. The number of methoxy groups -OCH3 is 1. The minimum Gasteiger partial charge on any atom is -0.497 e. The van der Waals surface area contributed by atoms with Crippen molar-refractivity contribution in [1.82, 2.24) is 15.1 Å². The molecule has 5 heteroatoms. The summed E-state index contributed by atoms with van der Waals surface area (Å²) in [5.41, 5.74) is 0.916. The van der Waals surface area contributed by atoms with Crippen molar-refractivity contribution in [3.63, 3.8) is 0 Å². The Morgan fingerprint density at radius 2 is 1.86 bits per heavy atom. The Balaban J connectivity index is 1.72. The van der Waals surface area contributed by atoms with E-state index in [1.807, 2.05) is 24.3 Å². The van der Waals surface area contributed by atoms with Crippen molar-refractivity contribution >= 4 is 0 Å². The lowest BCUT2D eigenvalue weighted by atomic mass is 9.98. The number of ether oxygens (including phenoxy) is 1. The zero-order chi connectivity index (χ0) is 15.5. The highest BCUT2D eigenvalue weighted by atomic mass is 16.5. The zero-order valence-corrected chi connectivity index (χ0v) is 13.5. The second-order valence-electron chi connectivity index (χ2n) is 6.07. The first kappa shape index (κ1) is 15.0. The normalized spacial score (nSPS) is 18.3. The molecule has 0 aliphatic carbocycles. The molecule has 1 aromatic carbocycles. The van der Waals surface area contributed by atoms with Gasteiger partial charge >= 0.3 is 0 Å². The highest BCUT2D eigenvalue weighted by molar-refractivity contribution is 5.53. The smallest absolute Gasteiger partial charge is 0.247 e. The summed E-state index contributed by atoms with van der Waals surface area (Å²) in [7, 11) is 1.65. The Hall–Kier alpha value is -1.88. The number of benzene rings is 1. The molecule has 1 aliphatic rings. The van der Waals surface area contributed by atoms with Gasteiger partial charge in [0.05, 0.1) is 13.2 Å². The third-order valence-electron chi connectivity index (χ3n) is 4.50. The van der Waals surface area contributed by atoms with E-state index in [0.717, 1.165) is 30.3 Å². The first-order chi connectivity index (χ1) is 10.7. The third kappa shape index (κ3) is 3.14. The standard InChI is InChI=1S/C17H23N3O2/c1-12-8-10-20(11-9-12)13(2)16-18-19-17(22-16)14-4-6-15(21-3)7-5-14/h4-7,12-13H,8-11H2,1-3H3. The van der Waals surface area contributed by atoms with E-state index in [1.165, 1.54) is 12.8 Å². The molecule has 1 aliphatic heterocycles. The van der Waals surface area contributed by atoms with Crippen molar-refractivity contribution < 1.29 is 9.15 Å². The van der Waals surface area contributed by atoms with Gasteiger partial charge in [-0.3, -0.25) is 4.90 Å². The van der Waals surface area contributed by atoms with Gasteiger partial charge in [-0.2, -0.15) is 0 Å². The maximum atomic E-state index is 5.88. The molecule has 1 fully saturated rings. The van der Waals surface area contributed by atoms with Gasteiger partial charge < -0.3 is 9.15 Å². The predicted molar refractivity (Wildman–Crippen MR) is 84.7 cm³/mol. The van der Waals surface area contributed by atoms with Crippen LogP contribution in [0.4, 0.5) is 0 Å². The summed E-state index contributed by atoms with van der Waals surface area (Å²) in [5, 5.41) is 8.43. The van der Waals surface area contributed by atoms with Gasteiger partial charge in [0.25, 0.3) is 0 Å². The van der Waals surface area contributed by atoms with Crippen molar-refractivity contribution in [2.45, 2.75) is 32.7 Å². The summed E-state index contributed by atoms with van der Waals surface area (Å²) in [5.74, 6) is 2.90. The average Bonchev–Trinajstić information content (AvgIpc) is 3.05. The molecule has 1 aromatic heterocycles. The van der Waals surface area contributed by atoms with Crippen LogP contribution in [0, 0.1) is 5.92 Å². The fraction of sp³-hybridized carbons (Fsp3) is 0.529. The van der Waals surface area contributed by atoms with Crippen LogP contribution >= 0.6 is 0 Å². The SMILES string of the molecule is COc1ccc(-c2nnc(C(C)N3CCC(C)CC3)o2)cc1. The number of likely N-dealkylation sites (tertiary alicyclic amines) is 1. The molecular formula is C17H23N3O2. The van der Waals surface area contributed by atoms with Crippen LogP contribution in [-0.2, 0) is 0 Å². The minimum atomic E-state index is 0.173. The molecule has 3 rings (SSSR count). The molecule has 0 saturated carbocycles. The summed E-state index contributed by atoms with van der Waals surface area (Å²) in [4.78, 5) is 2.42. The predicted octanol–water partition coefficient (Wildman–Crippen LogP) is 3.54. The average molecular weight is 301 g/mol. The molecule has 22 heavy (non-hydrogen) atoms. The molecule has 118 valence electrons. The van der Waals surface area contributed by atoms with Crippen molar-refractivity contribution in [3.05, 3.63) is 30.2 Å². The van der Waals surface area contributed by atoms with E-state index in [0.29, 0.717) is 11.8 Å². The van der Waals surface area contributed by atoms with E-state index < -0.39 is 0 Å². The monoisotopic (exact) mass is 301 g/mol. The van der Waals surface area contributed by atoms with Gasteiger partial charge in [-0.05, 0) is 63.0 Å². The highest BCUT2D eigenvalue weighted by Crippen LogP contribution is 2.28. The number of hydrogen-bond donors (Lipinski definition) is 0. The second-order valence-corrected chi connectivity index (χ2v) is 6.07. The summed E-state index contributed by atoms with van der Waals surface area (Å²) < 4.78 is 11.0. The summed E-state index contributed by atoms with van der Waals surface area (Å²) in [6, 6.07) is 7.84. The van der Waals surface area contributed by atoms with Crippen molar-refractivity contribution in [2.75, 3.05) is 20.2 Å². The molecule has 0 bridgehead atoms. The quantitative estimate of drug-likeness (QED) is 0.864. The molecule has 2 aromatic rings. The third-order valence-corrected chi connectivity index (χ3v) is 4.50. The molecule has 0 N–H and O–H groups in total. The fourth-order valence-electron chi connectivity index (χ4n) is 2.83. The molecule has 1 atom stereocenters. The summed E-state index contributed by atoms with van der Waals surface area (Å²) in [6.45, 7) is 6.66. The molecule has 0 spiro atoms. The van der Waals surface area contributed by atoms with Crippen LogP contribution in [0.5, 0.6) is 5.75 Å². The van der Waals surface area contributed by atoms with Gasteiger partial charge in [0.15, 0.2) is 0 Å². The van der Waals surface area contributed by atoms with Crippen molar-refractivity contribution in [1.29, 1.82) is 0 Å². The topological polar surface area (TPSA) is 51.4 Å². The van der Waals surface area contributed by atoms with Gasteiger partial charge in [-0.15, -0.1) is 10.2 Å². The fourth-order valence-corrected chi connectivity index (χ4v) is 2.83. The lowest BCUT2D eigenvalue weighted by Gasteiger charge is -2.33. The highest BCUT2D eigenvalue weighted by Gasteiger charge is 2.25. The van der Waals surface area contributed by atoms with E-state index in [9.17, 15) is 0 Å². The summed E-state index contributed by atoms with van der Waals surface area (Å²) >= 11 is 0. The van der Waals surface area contributed by atoms with E-state index >= 15 is 0 Å². The van der Waals surface area contributed by atoms with Crippen LogP contribution in [0.3, 0.4) is 0 Å². The van der Waals surface area contributed by atoms with E-state index in [-0.39, 0.29) is 6.04 Å². The van der Waals surface area contributed by atoms with Gasteiger partial charge in [0, 0.05) is 5.56 Å². The van der Waals surface area contributed by atoms with E-state index in [2.05, 4.69) is 28.9 Å². The van der Waals surface area contributed by atoms with Gasteiger partial charge in [0.2, 0.25) is 11.8 Å². The van der Waals surface area contributed by atoms with E-state index in [1.54, 1.807) is 7.11 Å².